The van der Waals surface area contributed by atoms with Crippen molar-refractivity contribution >= 4 is 16.5 Å². The van der Waals surface area contributed by atoms with Crippen molar-refractivity contribution in [1.29, 1.82) is 0 Å². The molecule has 7 heteroatoms. The van der Waals surface area contributed by atoms with E-state index in [1.807, 2.05) is 6.07 Å². The fraction of sp³-hybridized carbons (Fsp3) is 0.450. The molecule has 1 aliphatic heterocycles. The van der Waals surface area contributed by atoms with E-state index >= 15 is 0 Å². The molecule has 1 saturated heterocycles. The van der Waals surface area contributed by atoms with Crippen LogP contribution in [0.4, 0.5) is 0 Å². The largest absolute Gasteiger partial charge is 0.394 e. The van der Waals surface area contributed by atoms with Crippen molar-refractivity contribution < 1.29 is 25.2 Å². The fourth-order valence-electron chi connectivity index (χ4n) is 3.64. The summed E-state index contributed by atoms with van der Waals surface area (Å²) < 4.78 is 5.46. The third kappa shape index (κ3) is 3.38. The van der Waals surface area contributed by atoms with Crippen LogP contribution in [0.15, 0.2) is 24.4 Å². The quantitative estimate of drug-likeness (QED) is 0.486. The van der Waals surface area contributed by atoms with E-state index in [-0.39, 0.29) is 0 Å². The second kappa shape index (κ2) is 7.43. The predicted molar refractivity (Wildman–Crippen MR) is 98.6 cm³/mol. The van der Waals surface area contributed by atoms with Crippen LogP contribution in [0.1, 0.15) is 30.4 Å². The minimum absolute atomic E-state index is 0.475. The molecule has 0 radical (unpaired) electrons. The van der Waals surface area contributed by atoms with E-state index in [0.29, 0.717) is 5.56 Å². The van der Waals surface area contributed by atoms with Crippen LogP contribution in [0, 0.1) is 11.8 Å². The first-order valence-corrected chi connectivity index (χ1v) is 9.07. The van der Waals surface area contributed by atoms with Crippen LogP contribution in [-0.2, 0) is 4.74 Å². The van der Waals surface area contributed by atoms with Crippen molar-refractivity contribution in [3.05, 3.63) is 35.5 Å². The van der Waals surface area contributed by atoms with Crippen molar-refractivity contribution in [2.24, 2.45) is 0 Å². The zero-order chi connectivity index (χ0) is 19.0. The third-order valence-electron chi connectivity index (χ3n) is 5.20. The van der Waals surface area contributed by atoms with Gasteiger partial charge in [0.25, 0.3) is 0 Å². The molecule has 142 valence electrons. The van der Waals surface area contributed by atoms with Gasteiger partial charge in [-0.15, -0.1) is 0 Å². The topological polar surface area (TPSA) is 119 Å². The van der Waals surface area contributed by atoms with E-state index in [4.69, 9.17) is 4.74 Å². The van der Waals surface area contributed by atoms with Crippen molar-refractivity contribution in [3.63, 3.8) is 0 Å². The average molecular weight is 370 g/mol. The molecule has 0 bridgehead atoms. The molecular formula is C20H22N2O5. The molecule has 2 heterocycles. The SMILES string of the molecule is OC[C@H]1O[C@H](C#Cc2cc(C3=CCCC3)cc3cn[nH]c23)[C@@H](O)[C@@H](O)[C@@H]1O. The van der Waals surface area contributed by atoms with E-state index in [1.165, 1.54) is 5.57 Å². The van der Waals surface area contributed by atoms with Crippen LogP contribution >= 0.6 is 0 Å². The van der Waals surface area contributed by atoms with Gasteiger partial charge in [0, 0.05) is 5.39 Å². The maximum absolute atomic E-state index is 10.2. The second-order valence-electron chi connectivity index (χ2n) is 7.00. The zero-order valence-electron chi connectivity index (χ0n) is 14.7. The van der Waals surface area contributed by atoms with Gasteiger partial charge in [-0.05, 0) is 42.5 Å². The summed E-state index contributed by atoms with van der Waals surface area (Å²) in [5.41, 5.74) is 3.88. The number of rotatable bonds is 2. The maximum Gasteiger partial charge on any atom is 0.147 e. The summed E-state index contributed by atoms with van der Waals surface area (Å²) >= 11 is 0. The van der Waals surface area contributed by atoms with Gasteiger partial charge in [0.2, 0.25) is 0 Å². The molecule has 0 saturated carbocycles. The van der Waals surface area contributed by atoms with E-state index in [2.05, 4.69) is 34.2 Å². The van der Waals surface area contributed by atoms with Crippen molar-refractivity contribution in [1.82, 2.24) is 10.2 Å². The molecule has 0 spiro atoms. The lowest BCUT2D eigenvalue weighted by atomic mass is 9.95. The summed E-state index contributed by atoms with van der Waals surface area (Å²) in [5.74, 6) is 5.84. The summed E-state index contributed by atoms with van der Waals surface area (Å²) in [6.07, 6.45) is 1.05. The molecule has 2 aliphatic rings. The van der Waals surface area contributed by atoms with E-state index in [1.54, 1.807) is 6.20 Å². The minimum atomic E-state index is -1.43. The number of nitrogens with zero attached hydrogens (tertiary/aromatic N) is 1. The standard InChI is InChI=1S/C20H22N2O5/c23-10-16-19(25)20(26)18(24)15(27-16)6-5-12-7-13(11-3-1-2-4-11)8-14-9-21-22-17(12)14/h3,7-9,15-16,18-20,23-26H,1-2,4,10H2,(H,21,22)/t15-,16-,18-,19-,20-/m1/s1. The number of fused-ring (bicyclic) bond motifs is 1. The van der Waals surface area contributed by atoms with Crippen LogP contribution in [0.5, 0.6) is 0 Å². The second-order valence-corrected chi connectivity index (χ2v) is 7.00. The summed E-state index contributed by atoms with van der Waals surface area (Å²) in [6, 6.07) is 4.06. The van der Waals surface area contributed by atoms with Crippen molar-refractivity contribution in [2.45, 2.75) is 49.8 Å². The Kier molecular flexibility index (Phi) is 5.00. The molecule has 1 aromatic heterocycles. The Morgan fingerprint density at radius 2 is 2.04 bits per heavy atom. The average Bonchev–Trinajstić information content (AvgIpc) is 3.36. The molecule has 7 nitrogen and oxygen atoms in total. The Balaban J connectivity index is 1.68. The van der Waals surface area contributed by atoms with E-state index in [9.17, 15) is 20.4 Å². The van der Waals surface area contributed by atoms with Gasteiger partial charge in [-0.1, -0.05) is 17.9 Å². The van der Waals surface area contributed by atoms with Gasteiger partial charge >= 0.3 is 0 Å². The van der Waals surface area contributed by atoms with Crippen molar-refractivity contribution in [3.8, 4) is 11.8 Å². The van der Waals surface area contributed by atoms with Gasteiger partial charge in [0.1, 0.15) is 30.5 Å². The van der Waals surface area contributed by atoms with Gasteiger partial charge < -0.3 is 25.2 Å². The minimum Gasteiger partial charge on any atom is -0.394 e. The maximum atomic E-state index is 10.2. The van der Waals surface area contributed by atoms with Gasteiger partial charge in [-0.2, -0.15) is 5.10 Å². The van der Waals surface area contributed by atoms with Gasteiger partial charge in [-0.25, -0.2) is 0 Å². The number of hydrogen-bond donors (Lipinski definition) is 5. The van der Waals surface area contributed by atoms with Crippen LogP contribution in [0.2, 0.25) is 0 Å². The first-order chi connectivity index (χ1) is 13.1. The number of aromatic amines is 1. The molecule has 4 rings (SSSR count). The first-order valence-electron chi connectivity index (χ1n) is 9.07. The highest BCUT2D eigenvalue weighted by molar-refractivity contribution is 5.88. The number of allylic oxidation sites excluding steroid dienone is 2. The van der Waals surface area contributed by atoms with E-state index < -0.39 is 37.1 Å². The highest BCUT2D eigenvalue weighted by atomic mass is 16.5. The van der Waals surface area contributed by atoms with Crippen molar-refractivity contribution in [2.75, 3.05) is 6.61 Å². The normalized spacial score (nSPS) is 30.8. The molecule has 1 fully saturated rings. The zero-order valence-corrected chi connectivity index (χ0v) is 14.7. The number of aromatic nitrogens is 2. The Labute approximate surface area is 156 Å². The fourth-order valence-corrected chi connectivity index (χ4v) is 3.64. The van der Waals surface area contributed by atoms with Gasteiger partial charge in [-0.3, -0.25) is 5.10 Å². The lowest BCUT2D eigenvalue weighted by Gasteiger charge is -2.37. The molecule has 1 aliphatic carbocycles. The number of aliphatic hydroxyl groups excluding tert-OH is 4. The van der Waals surface area contributed by atoms with Crippen LogP contribution in [0.3, 0.4) is 0 Å². The molecule has 1 aromatic carbocycles. The molecule has 0 amide bonds. The number of benzene rings is 1. The van der Waals surface area contributed by atoms with Crippen LogP contribution in [0.25, 0.3) is 16.5 Å². The summed E-state index contributed by atoms with van der Waals surface area (Å²) in [7, 11) is 0. The summed E-state index contributed by atoms with van der Waals surface area (Å²) in [4.78, 5) is 0. The Morgan fingerprint density at radius 1 is 1.19 bits per heavy atom. The van der Waals surface area contributed by atoms with Crippen LogP contribution < -0.4 is 0 Å². The number of nitrogens with one attached hydrogen (secondary N) is 1. The highest BCUT2D eigenvalue weighted by Gasteiger charge is 2.42. The molecule has 5 N–H and O–H groups in total. The Bertz CT molecular complexity index is 923. The molecule has 27 heavy (non-hydrogen) atoms. The van der Waals surface area contributed by atoms with Crippen LogP contribution in [-0.4, -0.2) is 67.8 Å². The molecule has 5 atom stereocenters. The Morgan fingerprint density at radius 3 is 2.78 bits per heavy atom. The van der Waals surface area contributed by atoms with Gasteiger partial charge in [0.15, 0.2) is 0 Å². The predicted octanol–water partition coefficient (Wildman–Crippen LogP) is 0.324. The van der Waals surface area contributed by atoms with Gasteiger partial charge in [0.05, 0.1) is 23.9 Å². The third-order valence-corrected chi connectivity index (χ3v) is 5.20. The first kappa shape index (κ1) is 18.2. The molecule has 0 unspecified atom stereocenters. The lowest BCUT2D eigenvalue weighted by molar-refractivity contribution is -0.214. The lowest BCUT2D eigenvalue weighted by Crippen LogP contribution is -2.58. The monoisotopic (exact) mass is 370 g/mol. The number of hydrogen-bond acceptors (Lipinski definition) is 6. The molecular weight excluding hydrogens is 348 g/mol. The number of ether oxygens (including phenoxy) is 1. The summed E-state index contributed by atoms with van der Waals surface area (Å²) in [5, 5.41) is 47.2. The highest BCUT2D eigenvalue weighted by Crippen LogP contribution is 2.31. The number of H-pyrrole nitrogens is 1. The number of aliphatic hydroxyl groups is 4. The van der Waals surface area contributed by atoms with E-state index in [0.717, 1.165) is 35.7 Å². The summed E-state index contributed by atoms with van der Waals surface area (Å²) in [6.45, 7) is -0.475. The Hall–Kier alpha value is -2.21. The molecule has 2 aromatic rings. The smallest absolute Gasteiger partial charge is 0.147 e.